The molecule has 3 aromatic heterocycles. The third-order valence-electron chi connectivity index (χ3n) is 4.47. The number of fused-ring (bicyclic) bond motifs is 1. The first-order valence-corrected chi connectivity index (χ1v) is 10.1. The molecule has 1 amide bonds. The molecule has 0 fully saturated rings. The van der Waals surface area contributed by atoms with Crippen LogP contribution in [0, 0.1) is 0 Å². The van der Waals surface area contributed by atoms with Crippen molar-refractivity contribution in [3.8, 4) is 11.3 Å². The summed E-state index contributed by atoms with van der Waals surface area (Å²) in [5.74, 6) is -0.498. The molecule has 0 aliphatic rings. The summed E-state index contributed by atoms with van der Waals surface area (Å²) >= 11 is 5.97. The van der Waals surface area contributed by atoms with Gasteiger partial charge in [0.1, 0.15) is 6.17 Å². The van der Waals surface area contributed by atoms with Gasteiger partial charge in [-0.25, -0.2) is 13.9 Å². The van der Waals surface area contributed by atoms with Crippen LogP contribution in [0.5, 0.6) is 0 Å². The highest BCUT2D eigenvalue weighted by Crippen LogP contribution is 2.28. The molecule has 0 radical (unpaired) electrons. The number of aromatic nitrogens is 4. The van der Waals surface area contributed by atoms with Gasteiger partial charge in [0.15, 0.2) is 5.65 Å². The number of carbonyl (C=O) groups excluding carboxylic acids is 1. The lowest BCUT2D eigenvalue weighted by molar-refractivity contribution is -0.00177. The van der Waals surface area contributed by atoms with Gasteiger partial charge in [-0.05, 0) is 40.7 Å². The Labute approximate surface area is 184 Å². The average molecular weight is 449 g/mol. The van der Waals surface area contributed by atoms with E-state index in [4.69, 9.17) is 11.6 Å². The Morgan fingerprint density at radius 2 is 1.94 bits per heavy atom. The molecule has 166 valence electrons. The van der Waals surface area contributed by atoms with Crippen molar-refractivity contribution < 1.29 is 14.3 Å². The lowest BCUT2D eigenvalue weighted by Gasteiger charge is -2.25. The maximum absolute atomic E-state index is 14.1. The third kappa shape index (κ3) is 5.48. The minimum atomic E-state index is -1.61. The number of halogens is 2. The molecule has 3 heterocycles. The van der Waals surface area contributed by atoms with Crippen LogP contribution >= 0.6 is 11.6 Å². The number of hydrogen-bond donors (Lipinski definition) is 3. The molecular weight excluding hydrogens is 423 g/mol. The van der Waals surface area contributed by atoms with E-state index < -0.39 is 17.7 Å². The highest BCUT2D eigenvalue weighted by Gasteiger charge is 2.27. The zero-order valence-corrected chi connectivity index (χ0v) is 18.8. The van der Waals surface area contributed by atoms with Crippen molar-refractivity contribution in [2.45, 2.75) is 51.9 Å². The smallest absolute Gasteiger partial charge is 0.255 e. The van der Waals surface area contributed by atoms with Crippen LogP contribution in [-0.2, 0) is 0 Å². The van der Waals surface area contributed by atoms with Gasteiger partial charge in [-0.3, -0.25) is 9.78 Å². The van der Waals surface area contributed by atoms with E-state index in [1.807, 2.05) is 20.8 Å². The molecule has 0 bridgehead atoms. The van der Waals surface area contributed by atoms with Gasteiger partial charge in [0.05, 0.1) is 52.1 Å². The first-order valence-electron chi connectivity index (χ1n) is 9.77. The van der Waals surface area contributed by atoms with Crippen LogP contribution in [0.4, 0.5) is 10.1 Å². The van der Waals surface area contributed by atoms with Crippen molar-refractivity contribution in [3.05, 3.63) is 41.4 Å². The first kappa shape index (κ1) is 22.9. The van der Waals surface area contributed by atoms with Crippen LogP contribution in [0.1, 0.15) is 45.0 Å². The van der Waals surface area contributed by atoms with Crippen LogP contribution in [0.25, 0.3) is 16.9 Å². The van der Waals surface area contributed by atoms with E-state index in [9.17, 15) is 14.3 Å². The van der Waals surface area contributed by atoms with Crippen LogP contribution in [-0.4, -0.2) is 54.5 Å². The summed E-state index contributed by atoms with van der Waals surface area (Å²) < 4.78 is 15.6. The Bertz CT molecular complexity index is 1100. The molecule has 1 unspecified atom stereocenters. The van der Waals surface area contributed by atoms with Crippen molar-refractivity contribution in [1.82, 2.24) is 24.9 Å². The summed E-state index contributed by atoms with van der Waals surface area (Å²) in [5.41, 5.74) is 0.689. The van der Waals surface area contributed by atoms with Gasteiger partial charge in [-0.15, -0.1) is 0 Å². The topological polar surface area (TPSA) is 104 Å². The Morgan fingerprint density at radius 3 is 2.58 bits per heavy atom. The van der Waals surface area contributed by atoms with E-state index in [1.165, 1.54) is 26.2 Å². The van der Waals surface area contributed by atoms with E-state index in [0.29, 0.717) is 27.6 Å². The van der Waals surface area contributed by atoms with Gasteiger partial charge in [-0.2, -0.15) is 5.10 Å². The van der Waals surface area contributed by atoms with Crippen LogP contribution in [0.3, 0.4) is 0 Å². The Kier molecular flexibility index (Phi) is 6.20. The number of pyridine rings is 1. The van der Waals surface area contributed by atoms with E-state index in [-0.39, 0.29) is 17.6 Å². The van der Waals surface area contributed by atoms with Gasteiger partial charge in [-0.1, -0.05) is 11.6 Å². The molecule has 1 atom stereocenters. The Morgan fingerprint density at radius 1 is 1.23 bits per heavy atom. The van der Waals surface area contributed by atoms with Crippen LogP contribution in [0.15, 0.2) is 30.9 Å². The Balaban J connectivity index is 1.96. The number of aliphatic hydroxyl groups is 1. The second kappa shape index (κ2) is 8.39. The van der Waals surface area contributed by atoms with Crippen molar-refractivity contribution in [2.24, 2.45) is 0 Å². The third-order valence-corrected chi connectivity index (χ3v) is 4.66. The highest BCUT2D eigenvalue weighted by atomic mass is 35.5. The van der Waals surface area contributed by atoms with E-state index in [1.54, 1.807) is 23.0 Å². The molecular formula is C21H26ClFN6O2. The summed E-state index contributed by atoms with van der Waals surface area (Å²) in [6.07, 6.45) is 4.60. The van der Waals surface area contributed by atoms with Crippen molar-refractivity contribution in [3.63, 3.8) is 0 Å². The van der Waals surface area contributed by atoms with Crippen LogP contribution < -0.4 is 10.6 Å². The normalized spacial score (nSPS) is 13.3. The van der Waals surface area contributed by atoms with Crippen molar-refractivity contribution >= 4 is 28.8 Å². The van der Waals surface area contributed by atoms with E-state index >= 15 is 0 Å². The minimum Gasteiger partial charge on any atom is -0.387 e. The number of alkyl halides is 1. The summed E-state index contributed by atoms with van der Waals surface area (Å²) in [6.45, 7) is 8.25. The molecule has 3 rings (SSSR count). The van der Waals surface area contributed by atoms with Crippen molar-refractivity contribution in [1.29, 1.82) is 0 Å². The van der Waals surface area contributed by atoms with E-state index in [0.717, 1.165) is 0 Å². The largest absolute Gasteiger partial charge is 0.387 e. The Hall–Kier alpha value is -2.78. The number of carbonyl (C=O) groups is 1. The second-order valence-corrected chi connectivity index (χ2v) is 9.36. The quantitative estimate of drug-likeness (QED) is 0.533. The van der Waals surface area contributed by atoms with Crippen molar-refractivity contribution in [2.75, 3.05) is 11.9 Å². The maximum atomic E-state index is 14.1. The molecule has 0 aliphatic carbocycles. The highest BCUT2D eigenvalue weighted by molar-refractivity contribution is 6.30. The number of hydrogen-bond acceptors (Lipinski definition) is 6. The zero-order valence-electron chi connectivity index (χ0n) is 18.1. The van der Waals surface area contributed by atoms with Gasteiger partial charge < -0.3 is 15.7 Å². The summed E-state index contributed by atoms with van der Waals surface area (Å²) in [7, 11) is 0. The SMILES string of the molecule is CC(C)(C)Nc1cc(-c2cnn3cc(Cl)cnc23)ncc1C(=O)NCC(F)C(C)(C)O. The fourth-order valence-electron chi connectivity index (χ4n) is 2.85. The summed E-state index contributed by atoms with van der Waals surface area (Å²) in [6, 6.07) is 1.73. The minimum absolute atomic E-state index is 0.258. The van der Waals surface area contributed by atoms with Gasteiger partial charge in [0, 0.05) is 17.9 Å². The molecule has 0 saturated carbocycles. The lowest BCUT2D eigenvalue weighted by Crippen LogP contribution is -2.42. The lowest BCUT2D eigenvalue weighted by atomic mass is 10.0. The molecule has 0 aromatic carbocycles. The molecule has 31 heavy (non-hydrogen) atoms. The fourth-order valence-corrected chi connectivity index (χ4v) is 2.99. The van der Waals surface area contributed by atoms with Gasteiger partial charge in [0.2, 0.25) is 0 Å². The number of nitrogens with one attached hydrogen (secondary N) is 2. The number of nitrogens with zero attached hydrogens (tertiary/aromatic N) is 4. The first-order chi connectivity index (χ1) is 14.3. The van der Waals surface area contributed by atoms with E-state index in [2.05, 4.69) is 25.7 Å². The molecule has 8 nitrogen and oxygen atoms in total. The maximum Gasteiger partial charge on any atom is 0.255 e. The number of rotatable bonds is 6. The molecule has 10 heteroatoms. The average Bonchev–Trinajstić information content (AvgIpc) is 3.06. The zero-order chi connectivity index (χ0) is 23.0. The van der Waals surface area contributed by atoms with Gasteiger partial charge in [0.25, 0.3) is 5.91 Å². The standard InChI is InChI=1S/C21H26ClFN6O2/c1-20(2,3)28-16-6-15(13-9-27-29-11-12(22)7-25-18(13)29)24-8-14(16)19(30)26-10-17(23)21(4,5)31/h6-9,11,17,31H,10H2,1-5H3,(H,24,28)(H,26,30). The van der Waals surface area contributed by atoms with Gasteiger partial charge >= 0.3 is 0 Å². The molecule has 0 aliphatic heterocycles. The summed E-state index contributed by atoms with van der Waals surface area (Å²) in [4.78, 5) is 21.5. The number of anilines is 1. The second-order valence-electron chi connectivity index (χ2n) is 8.92. The molecule has 3 aromatic rings. The molecule has 0 saturated heterocycles. The van der Waals surface area contributed by atoms with Crippen LogP contribution in [0.2, 0.25) is 5.02 Å². The number of amides is 1. The monoisotopic (exact) mass is 448 g/mol. The fraction of sp³-hybridized carbons (Fsp3) is 0.429. The molecule has 3 N–H and O–H groups in total. The predicted octanol–water partition coefficient (Wildman–Crippen LogP) is 3.49. The summed E-state index contributed by atoms with van der Waals surface area (Å²) in [5, 5.41) is 20.3. The molecule has 0 spiro atoms. The predicted molar refractivity (Wildman–Crippen MR) is 118 cm³/mol.